The van der Waals surface area contributed by atoms with E-state index in [4.69, 9.17) is 4.42 Å². The first-order chi connectivity index (χ1) is 9.13. The van der Waals surface area contributed by atoms with Crippen LogP contribution in [0, 0.1) is 20.8 Å². The first-order valence-electron chi connectivity index (χ1n) is 6.12. The fourth-order valence-corrected chi connectivity index (χ4v) is 1.88. The third kappa shape index (κ3) is 2.16. The number of rotatable bonds is 3. The van der Waals surface area contributed by atoms with Crippen LogP contribution in [-0.2, 0) is 6.54 Å². The largest absolute Gasteiger partial charge is 0.444 e. The van der Waals surface area contributed by atoms with Crippen molar-refractivity contribution in [2.45, 2.75) is 27.3 Å². The van der Waals surface area contributed by atoms with Gasteiger partial charge < -0.3 is 9.73 Å². The number of aryl methyl sites for hydroxylation is 3. The van der Waals surface area contributed by atoms with Crippen LogP contribution < -0.4 is 5.32 Å². The molecule has 98 valence electrons. The molecule has 0 atom stereocenters. The zero-order valence-corrected chi connectivity index (χ0v) is 11.1. The maximum Gasteiger partial charge on any atom is 0.243 e. The van der Waals surface area contributed by atoms with Crippen LogP contribution >= 0.6 is 0 Å². The van der Waals surface area contributed by atoms with E-state index < -0.39 is 0 Å². The normalized spacial score (nSPS) is 11.1. The molecule has 0 saturated heterocycles. The fourth-order valence-electron chi connectivity index (χ4n) is 1.88. The molecule has 3 aromatic heterocycles. The summed E-state index contributed by atoms with van der Waals surface area (Å²) in [6, 6.07) is 3.95. The number of hydrogen-bond donors (Lipinski definition) is 1. The predicted octanol–water partition coefficient (Wildman–Crippen LogP) is 2.25. The van der Waals surface area contributed by atoms with E-state index in [0.717, 1.165) is 22.7 Å². The van der Waals surface area contributed by atoms with Crippen molar-refractivity contribution in [2.24, 2.45) is 0 Å². The summed E-state index contributed by atoms with van der Waals surface area (Å²) in [6.07, 6.45) is 1.87. The summed E-state index contributed by atoms with van der Waals surface area (Å²) in [5, 5.41) is 7.46. The Balaban J connectivity index is 1.80. The van der Waals surface area contributed by atoms with Crippen LogP contribution in [0.25, 0.3) is 5.65 Å². The topological polar surface area (TPSA) is 68.2 Å². The van der Waals surface area contributed by atoms with Crippen LogP contribution in [0.15, 0.2) is 22.7 Å². The number of pyridine rings is 1. The molecule has 0 aliphatic rings. The van der Waals surface area contributed by atoms with Gasteiger partial charge in [0.1, 0.15) is 5.76 Å². The highest BCUT2D eigenvalue weighted by molar-refractivity contribution is 5.49. The van der Waals surface area contributed by atoms with Gasteiger partial charge in [0.05, 0.1) is 12.2 Å². The van der Waals surface area contributed by atoms with Crippen molar-refractivity contribution in [2.75, 3.05) is 5.32 Å². The van der Waals surface area contributed by atoms with Crippen molar-refractivity contribution in [3.05, 3.63) is 41.2 Å². The van der Waals surface area contributed by atoms with Gasteiger partial charge in [-0.1, -0.05) is 6.07 Å². The van der Waals surface area contributed by atoms with E-state index in [1.165, 1.54) is 0 Å². The van der Waals surface area contributed by atoms with Crippen molar-refractivity contribution < 1.29 is 4.42 Å². The lowest BCUT2D eigenvalue weighted by Gasteiger charge is -1.95. The van der Waals surface area contributed by atoms with Gasteiger partial charge in [-0.05, 0) is 32.4 Å². The molecule has 19 heavy (non-hydrogen) atoms. The van der Waals surface area contributed by atoms with Crippen molar-refractivity contribution >= 4 is 11.6 Å². The standard InChI is InChI=1S/C13H15N5O/c1-8-5-4-6-18-12(8)16-13(17-18)14-7-11-15-9(2)10(3)19-11/h4-6H,7H2,1-3H3,(H,14,17). The van der Waals surface area contributed by atoms with Gasteiger partial charge in [0, 0.05) is 6.20 Å². The summed E-state index contributed by atoms with van der Waals surface area (Å²) in [5.74, 6) is 2.06. The molecule has 0 bridgehead atoms. The Morgan fingerprint density at radius 2 is 2.11 bits per heavy atom. The molecule has 0 aliphatic carbocycles. The second-order valence-electron chi connectivity index (χ2n) is 4.50. The van der Waals surface area contributed by atoms with Gasteiger partial charge in [-0.25, -0.2) is 9.50 Å². The minimum Gasteiger partial charge on any atom is -0.444 e. The number of nitrogens with one attached hydrogen (secondary N) is 1. The van der Waals surface area contributed by atoms with Crippen molar-refractivity contribution in [1.29, 1.82) is 0 Å². The summed E-state index contributed by atoms with van der Waals surface area (Å²) in [5.41, 5.74) is 2.85. The quantitative estimate of drug-likeness (QED) is 0.779. The molecule has 0 unspecified atom stereocenters. The SMILES string of the molecule is Cc1nc(CNc2nc3c(C)cccn3n2)oc1C. The van der Waals surface area contributed by atoms with Gasteiger partial charge in [-0.15, -0.1) is 5.10 Å². The monoisotopic (exact) mass is 257 g/mol. The Morgan fingerprint density at radius 1 is 1.26 bits per heavy atom. The number of oxazole rings is 1. The predicted molar refractivity (Wildman–Crippen MR) is 71.0 cm³/mol. The van der Waals surface area contributed by atoms with E-state index in [9.17, 15) is 0 Å². The summed E-state index contributed by atoms with van der Waals surface area (Å²) in [6.45, 7) is 6.31. The molecule has 0 radical (unpaired) electrons. The maximum absolute atomic E-state index is 5.50. The number of nitrogens with zero attached hydrogens (tertiary/aromatic N) is 4. The summed E-state index contributed by atoms with van der Waals surface area (Å²) in [4.78, 5) is 8.73. The van der Waals surface area contributed by atoms with Crippen LogP contribution in [0.1, 0.15) is 22.9 Å². The molecule has 0 spiro atoms. The van der Waals surface area contributed by atoms with Gasteiger partial charge >= 0.3 is 0 Å². The lowest BCUT2D eigenvalue weighted by molar-refractivity contribution is 0.478. The van der Waals surface area contributed by atoms with E-state index in [2.05, 4.69) is 20.4 Å². The highest BCUT2D eigenvalue weighted by Crippen LogP contribution is 2.12. The number of hydrogen-bond acceptors (Lipinski definition) is 5. The van der Waals surface area contributed by atoms with E-state index in [1.807, 2.05) is 39.1 Å². The molecule has 0 aliphatic heterocycles. The van der Waals surface area contributed by atoms with Crippen LogP contribution in [-0.4, -0.2) is 19.6 Å². The number of aromatic nitrogens is 4. The summed E-state index contributed by atoms with van der Waals surface area (Å²) in [7, 11) is 0. The highest BCUT2D eigenvalue weighted by atomic mass is 16.4. The zero-order chi connectivity index (χ0) is 13.4. The van der Waals surface area contributed by atoms with Gasteiger partial charge in [-0.2, -0.15) is 4.98 Å². The number of anilines is 1. The Bertz CT molecular complexity index is 708. The van der Waals surface area contributed by atoms with E-state index in [1.54, 1.807) is 4.52 Å². The fraction of sp³-hybridized carbons (Fsp3) is 0.308. The lowest BCUT2D eigenvalue weighted by atomic mass is 10.3. The van der Waals surface area contributed by atoms with Gasteiger partial charge in [0.15, 0.2) is 5.65 Å². The molecule has 0 aromatic carbocycles. The third-order valence-corrected chi connectivity index (χ3v) is 3.03. The molecule has 0 amide bonds. The average Bonchev–Trinajstić information content (AvgIpc) is 2.92. The molecule has 3 rings (SSSR count). The lowest BCUT2D eigenvalue weighted by Crippen LogP contribution is -2.01. The van der Waals surface area contributed by atoms with Crippen molar-refractivity contribution in [1.82, 2.24) is 19.6 Å². The minimum absolute atomic E-state index is 0.477. The molecule has 3 aromatic rings. The maximum atomic E-state index is 5.50. The van der Waals surface area contributed by atoms with E-state index >= 15 is 0 Å². The van der Waals surface area contributed by atoms with Crippen LogP contribution in [0.5, 0.6) is 0 Å². The molecular weight excluding hydrogens is 242 g/mol. The van der Waals surface area contributed by atoms with Gasteiger partial charge in [-0.3, -0.25) is 0 Å². The Hall–Kier alpha value is -2.37. The Kier molecular flexibility index (Phi) is 2.70. The van der Waals surface area contributed by atoms with Gasteiger partial charge in [0.2, 0.25) is 11.8 Å². The highest BCUT2D eigenvalue weighted by Gasteiger charge is 2.08. The molecule has 6 nitrogen and oxygen atoms in total. The third-order valence-electron chi connectivity index (χ3n) is 3.03. The number of fused-ring (bicyclic) bond motifs is 1. The average molecular weight is 257 g/mol. The van der Waals surface area contributed by atoms with Crippen molar-refractivity contribution in [3.63, 3.8) is 0 Å². The second-order valence-corrected chi connectivity index (χ2v) is 4.50. The Labute approximate surface area is 110 Å². The first kappa shape index (κ1) is 11.7. The van der Waals surface area contributed by atoms with E-state index in [0.29, 0.717) is 18.4 Å². The van der Waals surface area contributed by atoms with E-state index in [-0.39, 0.29) is 0 Å². The van der Waals surface area contributed by atoms with Crippen LogP contribution in [0.2, 0.25) is 0 Å². The first-order valence-corrected chi connectivity index (χ1v) is 6.12. The molecule has 3 heterocycles. The van der Waals surface area contributed by atoms with Crippen LogP contribution in [0.3, 0.4) is 0 Å². The molecular formula is C13H15N5O. The molecule has 6 heteroatoms. The smallest absolute Gasteiger partial charge is 0.243 e. The molecule has 1 N–H and O–H groups in total. The summed E-state index contributed by atoms with van der Waals surface area (Å²) >= 11 is 0. The Morgan fingerprint density at radius 3 is 2.79 bits per heavy atom. The minimum atomic E-state index is 0.477. The molecule has 0 fully saturated rings. The summed E-state index contributed by atoms with van der Waals surface area (Å²) < 4.78 is 7.25. The second kappa shape index (κ2) is 4.38. The van der Waals surface area contributed by atoms with Gasteiger partial charge in [0.25, 0.3) is 0 Å². The van der Waals surface area contributed by atoms with Crippen molar-refractivity contribution in [3.8, 4) is 0 Å². The zero-order valence-electron chi connectivity index (χ0n) is 11.1. The van der Waals surface area contributed by atoms with Crippen LogP contribution in [0.4, 0.5) is 5.95 Å². The molecule has 0 saturated carbocycles.